The number of halogens is 5. The third-order valence-corrected chi connectivity index (χ3v) is 12.8. The van der Waals surface area contributed by atoms with Gasteiger partial charge in [-0.3, -0.25) is 29.2 Å². The number of nitrogens with two attached hydrogens (primary N) is 1. The third-order valence-electron chi connectivity index (χ3n) is 11.2. The van der Waals surface area contributed by atoms with Crippen LogP contribution in [0, 0.1) is 0 Å². The van der Waals surface area contributed by atoms with E-state index in [2.05, 4.69) is 49.0 Å². The first-order valence-electron chi connectivity index (χ1n) is 21.1. The van der Waals surface area contributed by atoms with Crippen molar-refractivity contribution in [3.8, 4) is 23.0 Å². The number of nitrogens with zero attached hydrogens (tertiary/aromatic N) is 8. The van der Waals surface area contributed by atoms with Crippen LogP contribution in [0.25, 0.3) is 0 Å². The van der Waals surface area contributed by atoms with Crippen LogP contribution < -0.4 is 60.2 Å². The second-order valence-electron chi connectivity index (χ2n) is 15.5. The molecule has 0 spiro atoms. The summed E-state index contributed by atoms with van der Waals surface area (Å²) < 4.78 is 32.1. The Kier molecular flexibility index (Phi) is 18.2. The van der Waals surface area contributed by atoms with Crippen molar-refractivity contribution in [3.63, 3.8) is 0 Å². The van der Waals surface area contributed by atoms with Crippen molar-refractivity contribution < 1.29 is 47.6 Å². The van der Waals surface area contributed by atoms with Crippen LogP contribution >= 0.6 is 58.0 Å². The first-order valence-corrected chi connectivity index (χ1v) is 23.0. The van der Waals surface area contributed by atoms with Gasteiger partial charge < -0.3 is 50.1 Å². The van der Waals surface area contributed by atoms with E-state index in [4.69, 9.17) is 92.2 Å². The fraction of sp³-hybridized carbons (Fsp3) is 0.364. The Morgan fingerprint density at radius 2 is 1.06 bits per heavy atom. The molecule has 5 amide bonds. The number of fused-ring (bicyclic) bond motifs is 2. The van der Waals surface area contributed by atoms with E-state index in [9.17, 15) is 19.2 Å². The first-order chi connectivity index (χ1) is 33.9. The van der Waals surface area contributed by atoms with E-state index in [1.54, 1.807) is 38.6 Å². The number of amides is 5. The van der Waals surface area contributed by atoms with E-state index in [0.717, 1.165) is 6.08 Å². The Labute approximate surface area is 433 Å². The first kappa shape index (κ1) is 54.2. The summed E-state index contributed by atoms with van der Waals surface area (Å²) in [5, 5.41) is 9.40. The minimum Gasteiger partial charge on any atom is -0.495 e. The highest BCUT2D eigenvalue weighted by atomic mass is 35.5. The smallest absolute Gasteiger partial charge is 0.330 e. The summed E-state index contributed by atoms with van der Waals surface area (Å²) in [7, 11) is 9.08. The number of anilines is 6. The van der Waals surface area contributed by atoms with Crippen LogP contribution in [0.1, 0.15) is 11.1 Å². The van der Waals surface area contributed by atoms with Gasteiger partial charge in [-0.25, -0.2) is 19.6 Å². The molecular weight excluding hydrogens is 1030 g/mol. The van der Waals surface area contributed by atoms with E-state index in [1.165, 1.54) is 54.1 Å². The standard InChI is InChI=1S/C22H24Cl2N6O5.C19H22Cl2N6O4.C3H3ClO/c1-5-16(31)26-12-9-35-10-13(12)27-21-25-7-11-8-30(22(32)29(2)20(11)28-21)19-17(23)14(33-3)6-15(34-4)18(19)24;1-26-17-9(5-23-18(25-17)24-11-8-31-7-10(11)22)6-27(19(26)28)16-14(20)12(29-2)4-13(30-3)15(16)21;1-2-3(4)5/h5-7,12-13H,1,8-10H2,2-4H3,(H,26,31)(H,25,27,28);4-5,10-11H,6-8,22H2,1-3H3,(H,23,24,25);2H,1H2. The number of carbonyl (C=O) groups excluding carboxylic acids is 4. The van der Waals surface area contributed by atoms with E-state index in [1.807, 2.05) is 0 Å². The maximum Gasteiger partial charge on any atom is 0.330 e. The van der Waals surface area contributed by atoms with Gasteiger partial charge in [0, 0.05) is 49.7 Å². The topological polar surface area (TPSA) is 250 Å². The second-order valence-corrected chi connectivity index (χ2v) is 17.4. The number of urea groups is 2. The molecule has 2 aromatic heterocycles. The SMILES string of the molecule is C=CC(=O)Cl.C=CC(=O)NC1COCC1Nc1ncc2c(n1)N(C)C(=O)N(c1c(Cl)c(OC)cc(OC)c1Cl)C2.COc1cc(OC)c(Cl)c(N2Cc3cnc(NC4COCC4N)nc3N(C)C2=O)c1Cl. The minimum atomic E-state index is -0.509. The molecule has 22 nitrogen and oxygen atoms in total. The zero-order valence-corrected chi connectivity index (χ0v) is 42.8. The molecule has 27 heteroatoms. The molecule has 0 bridgehead atoms. The summed E-state index contributed by atoms with van der Waals surface area (Å²) in [6.07, 6.45) is 5.52. The molecule has 380 valence electrons. The fourth-order valence-electron chi connectivity index (χ4n) is 7.46. The molecule has 0 radical (unpaired) electrons. The molecule has 2 aromatic carbocycles. The molecule has 4 atom stereocenters. The van der Waals surface area contributed by atoms with Crippen molar-refractivity contribution >= 4 is 116 Å². The van der Waals surface area contributed by atoms with Crippen LogP contribution in [0.2, 0.25) is 20.1 Å². The summed E-state index contributed by atoms with van der Waals surface area (Å²) >= 11 is 30.8. The largest absolute Gasteiger partial charge is 0.495 e. The number of nitrogens with one attached hydrogen (secondary N) is 3. The van der Waals surface area contributed by atoms with Crippen LogP contribution in [-0.2, 0) is 32.2 Å². The highest BCUT2D eigenvalue weighted by Crippen LogP contribution is 2.49. The Morgan fingerprint density at radius 1 is 0.676 bits per heavy atom. The van der Waals surface area contributed by atoms with Crippen LogP contribution in [0.3, 0.4) is 0 Å². The van der Waals surface area contributed by atoms with Gasteiger partial charge in [-0.2, -0.15) is 9.97 Å². The van der Waals surface area contributed by atoms with Gasteiger partial charge in [0.05, 0.1) is 103 Å². The number of rotatable bonds is 13. The number of hydrogen-bond acceptors (Lipinski definition) is 17. The molecule has 2 saturated heterocycles. The fourth-order valence-corrected chi connectivity index (χ4v) is 8.87. The maximum absolute atomic E-state index is 13.3. The van der Waals surface area contributed by atoms with Gasteiger partial charge >= 0.3 is 12.1 Å². The van der Waals surface area contributed by atoms with Crippen molar-refractivity contribution in [1.29, 1.82) is 0 Å². The van der Waals surface area contributed by atoms with Gasteiger partial charge in [0.1, 0.15) is 54.7 Å². The zero-order valence-electron chi connectivity index (χ0n) is 39.1. The van der Waals surface area contributed by atoms with Gasteiger partial charge in [0.2, 0.25) is 23.0 Å². The highest BCUT2D eigenvalue weighted by molar-refractivity contribution is 6.66. The lowest BCUT2D eigenvalue weighted by Gasteiger charge is -2.35. The summed E-state index contributed by atoms with van der Waals surface area (Å²) in [5.74, 6) is 2.59. The molecular formula is C44H49Cl5N12O10. The van der Waals surface area contributed by atoms with Crippen LogP contribution in [0.15, 0.2) is 49.8 Å². The Balaban J connectivity index is 0.000000213. The van der Waals surface area contributed by atoms with E-state index in [-0.39, 0.29) is 75.0 Å². The van der Waals surface area contributed by atoms with Gasteiger partial charge in [-0.1, -0.05) is 59.6 Å². The predicted molar refractivity (Wildman–Crippen MR) is 271 cm³/mol. The molecule has 4 aliphatic heterocycles. The van der Waals surface area contributed by atoms with Crippen molar-refractivity contribution in [2.75, 3.05) is 99.2 Å². The van der Waals surface area contributed by atoms with Crippen molar-refractivity contribution in [2.45, 2.75) is 37.3 Å². The molecule has 5 N–H and O–H groups in total. The lowest BCUT2D eigenvalue weighted by atomic mass is 10.1. The summed E-state index contributed by atoms with van der Waals surface area (Å²) in [5.41, 5.74) is 7.95. The average molecular weight is 1080 g/mol. The molecule has 4 unspecified atom stereocenters. The molecule has 4 aromatic rings. The number of carbonyl (C=O) groups is 4. The summed E-state index contributed by atoms with van der Waals surface area (Å²) in [4.78, 5) is 71.2. The number of hydrogen-bond donors (Lipinski definition) is 4. The lowest BCUT2D eigenvalue weighted by molar-refractivity contribution is -0.117. The molecule has 4 aliphatic rings. The van der Waals surface area contributed by atoms with Crippen LogP contribution in [0.4, 0.5) is 44.5 Å². The molecule has 2 fully saturated rings. The highest BCUT2D eigenvalue weighted by Gasteiger charge is 2.38. The normalized spacial score (nSPS) is 19.0. The van der Waals surface area contributed by atoms with Crippen molar-refractivity contribution in [3.05, 3.63) is 81.1 Å². The minimum absolute atomic E-state index is 0.0963. The van der Waals surface area contributed by atoms with Gasteiger partial charge in [0.25, 0.3) is 0 Å². The zero-order chi connectivity index (χ0) is 51.8. The number of aromatic nitrogens is 4. The Hall–Kier alpha value is -6.11. The second kappa shape index (κ2) is 23.9. The van der Waals surface area contributed by atoms with Crippen molar-refractivity contribution in [2.24, 2.45) is 5.73 Å². The number of ether oxygens (including phenoxy) is 6. The lowest BCUT2D eigenvalue weighted by Crippen LogP contribution is -2.47. The van der Waals surface area contributed by atoms with Crippen molar-refractivity contribution in [1.82, 2.24) is 25.3 Å². The summed E-state index contributed by atoms with van der Waals surface area (Å²) in [6, 6.07) is 1.58. The third kappa shape index (κ3) is 11.8. The predicted octanol–water partition coefficient (Wildman–Crippen LogP) is 6.31. The summed E-state index contributed by atoms with van der Waals surface area (Å²) in [6.45, 7) is 8.49. The van der Waals surface area contributed by atoms with Gasteiger partial charge in [-0.05, 0) is 23.8 Å². The maximum atomic E-state index is 13.3. The van der Waals surface area contributed by atoms with Gasteiger partial charge in [0.15, 0.2) is 0 Å². The van der Waals surface area contributed by atoms with E-state index >= 15 is 0 Å². The quantitative estimate of drug-likeness (QED) is 0.0846. The van der Waals surface area contributed by atoms with E-state index in [0.29, 0.717) is 89.8 Å². The molecule has 8 rings (SSSR count). The van der Waals surface area contributed by atoms with Crippen LogP contribution in [0.5, 0.6) is 23.0 Å². The van der Waals surface area contributed by atoms with Gasteiger partial charge in [-0.15, -0.1) is 0 Å². The monoisotopic (exact) mass is 1080 g/mol. The molecule has 6 heterocycles. The molecule has 71 heavy (non-hydrogen) atoms. The Morgan fingerprint density at radius 3 is 1.42 bits per heavy atom. The van der Waals surface area contributed by atoms with Crippen LogP contribution in [-0.4, -0.2) is 136 Å². The molecule has 0 aliphatic carbocycles. The average Bonchev–Trinajstić information content (AvgIpc) is 3.99. The Bertz CT molecular complexity index is 2650. The number of benzene rings is 2. The van der Waals surface area contributed by atoms with E-state index < -0.39 is 11.3 Å². The molecule has 0 saturated carbocycles. The number of methoxy groups -OCH3 is 4. The number of allylic oxidation sites excluding steroid dienone is 1.